The van der Waals surface area contributed by atoms with Gasteiger partial charge in [0, 0.05) is 36.2 Å². The van der Waals surface area contributed by atoms with Crippen LogP contribution >= 0.6 is 11.3 Å². The fourth-order valence-corrected chi connectivity index (χ4v) is 8.11. The molecule has 0 N–H and O–H groups in total. The molecule has 214 valence electrons. The van der Waals surface area contributed by atoms with Crippen LogP contribution in [0, 0.1) is 27.4 Å². The highest BCUT2D eigenvalue weighted by atomic mass is 32.2. The molecule has 1 saturated heterocycles. The van der Waals surface area contributed by atoms with Crippen LogP contribution in [0.1, 0.15) is 26.7 Å². The predicted octanol–water partition coefficient (Wildman–Crippen LogP) is 5.20. The molecule has 2 atom stereocenters. The third-order valence-electron chi connectivity index (χ3n) is 8.56. The average molecular weight is 594 g/mol. The third kappa shape index (κ3) is 5.21. The van der Waals surface area contributed by atoms with Crippen LogP contribution in [0.4, 0.5) is 11.4 Å². The number of nitro groups is 1. The summed E-state index contributed by atoms with van der Waals surface area (Å²) in [4.78, 5) is 16.4. The first kappa shape index (κ1) is 27.7. The van der Waals surface area contributed by atoms with E-state index >= 15 is 0 Å². The number of thiazole rings is 1. The first-order chi connectivity index (χ1) is 19.6. The summed E-state index contributed by atoms with van der Waals surface area (Å²) in [5.41, 5.74) is 3.62. The Balaban J connectivity index is 1.36. The van der Waals surface area contributed by atoms with Gasteiger partial charge in [-0.3, -0.25) is 10.1 Å². The smallest absolute Gasteiger partial charge is 0.269 e. The number of morpholine rings is 1. The first-order valence-electron chi connectivity index (χ1n) is 13.6. The van der Waals surface area contributed by atoms with Crippen LogP contribution in [0.15, 0.2) is 80.5 Å². The minimum Gasteiger partial charge on any atom is -0.379 e. The molecule has 2 heterocycles. The van der Waals surface area contributed by atoms with E-state index in [0.717, 1.165) is 23.6 Å². The van der Waals surface area contributed by atoms with Gasteiger partial charge >= 0.3 is 0 Å². The van der Waals surface area contributed by atoms with E-state index in [-0.39, 0.29) is 16.0 Å². The maximum absolute atomic E-state index is 13.0. The van der Waals surface area contributed by atoms with Gasteiger partial charge in [0.25, 0.3) is 5.69 Å². The van der Waals surface area contributed by atoms with Crippen molar-refractivity contribution in [2.45, 2.75) is 31.6 Å². The van der Waals surface area contributed by atoms with E-state index in [4.69, 9.17) is 14.8 Å². The largest absolute Gasteiger partial charge is 0.379 e. The third-order valence-corrected chi connectivity index (χ3v) is 11.3. The second-order valence-electron chi connectivity index (χ2n) is 11.1. The van der Waals surface area contributed by atoms with E-state index in [0.29, 0.717) is 42.7 Å². The number of allylic oxidation sites excluding steroid dienone is 2. The van der Waals surface area contributed by atoms with Crippen molar-refractivity contribution in [3.8, 4) is 11.3 Å². The zero-order valence-electron chi connectivity index (χ0n) is 22.8. The highest BCUT2D eigenvalue weighted by molar-refractivity contribution is 7.89. The number of ether oxygens (including phenoxy) is 1. The molecule has 1 aliphatic heterocycles. The van der Waals surface area contributed by atoms with E-state index in [1.165, 1.54) is 39.8 Å². The van der Waals surface area contributed by atoms with E-state index < -0.39 is 14.9 Å². The molecular formula is C29H31N5O5S2. The Hall–Kier alpha value is -3.45. The topological polar surface area (TPSA) is 119 Å². The number of sulfonamides is 1. The number of benzene rings is 2. The Morgan fingerprint density at radius 2 is 1.80 bits per heavy atom. The van der Waals surface area contributed by atoms with Crippen LogP contribution in [0.3, 0.4) is 0 Å². The van der Waals surface area contributed by atoms with Crippen LogP contribution in [0.2, 0.25) is 0 Å². The van der Waals surface area contributed by atoms with Gasteiger partial charge in [-0.05, 0) is 72.1 Å². The maximum atomic E-state index is 13.0. The molecule has 0 amide bonds. The lowest BCUT2D eigenvalue weighted by molar-refractivity contribution is -0.384. The molecule has 2 aromatic carbocycles. The van der Waals surface area contributed by atoms with Crippen molar-refractivity contribution < 1.29 is 18.1 Å². The summed E-state index contributed by atoms with van der Waals surface area (Å²) in [5.74, 6) is 1.18. The molecule has 2 fully saturated rings. The van der Waals surface area contributed by atoms with Gasteiger partial charge in [0.2, 0.25) is 14.8 Å². The van der Waals surface area contributed by atoms with Crippen LogP contribution < -0.4 is 4.80 Å². The van der Waals surface area contributed by atoms with Gasteiger partial charge in [-0.1, -0.05) is 19.9 Å². The lowest BCUT2D eigenvalue weighted by Gasteiger charge is -2.55. The number of hydrogen-bond donors (Lipinski definition) is 0. The molecule has 4 aliphatic rings. The molecule has 2 unspecified atom stereocenters. The summed E-state index contributed by atoms with van der Waals surface area (Å²) in [6.45, 7) is 6.08. The molecule has 0 radical (unpaired) electrons. The fraction of sp³-hybridized carbons (Fsp3) is 0.379. The molecule has 1 aromatic heterocycles. The van der Waals surface area contributed by atoms with Crippen molar-refractivity contribution in [1.29, 1.82) is 0 Å². The number of nitro benzene ring substituents is 1. The second-order valence-corrected chi connectivity index (χ2v) is 13.9. The second kappa shape index (κ2) is 10.8. The quantitative estimate of drug-likeness (QED) is 0.212. The van der Waals surface area contributed by atoms with Gasteiger partial charge in [0.05, 0.1) is 40.6 Å². The summed E-state index contributed by atoms with van der Waals surface area (Å²) >= 11 is 1.39. The van der Waals surface area contributed by atoms with E-state index in [1.54, 1.807) is 41.1 Å². The number of rotatable bonds is 7. The number of hydrogen-bond acceptors (Lipinski definition) is 8. The predicted molar refractivity (Wildman–Crippen MR) is 158 cm³/mol. The number of fused-ring (bicyclic) bond motifs is 1. The van der Waals surface area contributed by atoms with Crippen LogP contribution in [-0.4, -0.2) is 54.8 Å². The monoisotopic (exact) mass is 593 g/mol. The molecule has 0 spiro atoms. The van der Waals surface area contributed by atoms with Crippen molar-refractivity contribution in [2.75, 3.05) is 26.3 Å². The molecule has 3 aromatic rings. The molecule has 41 heavy (non-hydrogen) atoms. The molecule has 1 saturated carbocycles. The van der Waals surface area contributed by atoms with Gasteiger partial charge in [-0.25, -0.2) is 18.1 Å². The fourth-order valence-electron chi connectivity index (χ4n) is 5.85. The Morgan fingerprint density at radius 3 is 2.44 bits per heavy atom. The van der Waals surface area contributed by atoms with Crippen molar-refractivity contribution in [3.63, 3.8) is 0 Å². The Bertz CT molecular complexity index is 1700. The SMILES string of the molecule is CC1(C)C2CC=C(C=Nn3c(-c4ccc([N+](=O)[O-])cc4)csc3=Nc3ccc(S(=O)(=O)N4CCOCC4)cc3)C1C2. The highest BCUT2D eigenvalue weighted by Gasteiger charge is 2.50. The van der Waals surface area contributed by atoms with Crippen molar-refractivity contribution >= 4 is 38.9 Å². The molecule has 10 nitrogen and oxygen atoms in total. The minimum atomic E-state index is -3.60. The summed E-state index contributed by atoms with van der Waals surface area (Å²) < 4.78 is 34.5. The summed E-state index contributed by atoms with van der Waals surface area (Å²) in [7, 11) is -3.60. The van der Waals surface area contributed by atoms with Crippen LogP contribution in [-0.2, 0) is 14.8 Å². The molecule has 3 aliphatic carbocycles. The van der Waals surface area contributed by atoms with Gasteiger partial charge in [-0.2, -0.15) is 9.41 Å². The zero-order chi connectivity index (χ0) is 28.8. The normalized spacial score (nSPS) is 22.9. The van der Waals surface area contributed by atoms with Crippen molar-refractivity contribution in [1.82, 2.24) is 8.98 Å². The summed E-state index contributed by atoms with van der Waals surface area (Å²) in [6, 6.07) is 12.9. The summed E-state index contributed by atoms with van der Waals surface area (Å²) in [6.07, 6.45) is 6.41. The van der Waals surface area contributed by atoms with Gasteiger partial charge < -0.3 is 4.74 Å². The number of nitrogens with zero attached hydrogens (tertiary/aromatic N) is 5. The zero-order valence-corrected chi connectivity index (χ0v) is 24.5. The highest BCUT2D eigenvalue weighted by Crippen LogP contribution is 2.58. The van der Waals surface area contributed by atoms with Gasteiger partial charge in [0.15, 0.2) is 0 Å². The Morgan fingerprint density at radius 1 is 1.10 bits per heavy atom. The first-order valence-corrected chi connectivity index (χ1v) is 15.9. The molecule has 7 rings (SSSR count). The lowest BCUT2D eigenvalue weighted by atomic mass is 9.49. The van der Waals surface area contributed by atoms with Crippen LogP contribution in [0.5, 0.6) is 0 Å². The molecular weight excluding hydrogens is 562 g/mol. The number of non-ortho nitro benzene ring substituents is 1. The number of aromatic nitrogens is 1. The average Bonchev–Trinajstić information content (AvgIpc) is 3.38. The molecule has 12 heteroatoms. The van der Waals surface area contributed by atoms with E-state index in [2.05, 4.69) is 19.9 Å². The van der Waals surface area contributed by atoms with Crippen molar-refractivity contribution in [2.24, 2.45) is 27.3 Å². The Kier molecular flexibility index (Phi) is 7.26. The minimum absolute atomic E-state index is 0.0187. The van der Waals surface area contributed by atoms with Gasteiger partial charge in [0.1, 0.15) is 0 Å². The standard InChI is InChI=1S/C29H31N5O5S2/c1-29(2)22-6-3-21(26(29)17-22)18-30-33-27(20-4-9-24(10-5-20)34(35)36)19-40-28(33)31-23-7-11-25(12-8-23)41(37,38)32-13-15-39-16-14-32/h3-5,7-12,18-19,22,26H,6,13-17H2,1-2H3. The summed E-state index contributed by atoms with van der Waals surface area (Å²) in [5, 5.41) is 18.0. The Labute approximate surface area is 242 Å². The van der Waals surface area contributed by atoms with Crippen molar-refractivity contribution in [3.05, 3.63) is 80.5 Å². The molecule has 2 bridgehead atoms. The van der Waals surface area contributed by atoms with E-state index in [9.17, 15) is 18.5 Å². The van der Waals surface area contributed by atoms with Crippen LogP contribution in [0.25, 0.3) is 11.3 Å². The van der Waals surface area contributed by atoms with Gasteiger partial charge in [-0.15, -0.1) is 11.3 Å². The maximum Gasteiger partial charge on any atom is 0.269 e. The lowest BCUT2D eigenvalue weighted by Crippen LogP contribution is -2.48. The van der Waals surface area contributed by atoms with E-state index in [1.807, 2.05) is 11.6 Å².